The number of nitrogens with zero attached hydrogens (tertiary/aromatic N) is 2. The molecule has 0 fully saturated rings. The van der Waals surface area contributed by atoms with E-state index < -0.39 is 0 Å². The summed E-state index contributed by atoms with van der Waals surface area (Å²) in [5.74, 6) is 2.22. The van der Waals surface area contributed by atoms with Crippen LogP contribution >= 0.6 is 0 Å². The molecule has 0 saturated carbocycles. The normalized spacial score (nSPS) is 12.2. The van der Waals surface area contributed by atoms with Crippen LogP contribution in [-0.2, 0) is 0 Å². The largest absolute Gasteiger partial charge is 0.493 e. The topological polar surface area (TPSA) is 83.4 Å². The molecule has 6 heteroatoms. The predicted molar refractivity (Wildman–Crippen MR) is 74.7 cm³/mol. The number of hydrogen-bond acceptors (Lipinski definition) is 6. The first kappa shape index (κ1) is 14.3. The Labute approximate surface area is 117 Å². The van der Waals surface area contributed by atoms with E-state index in [4.69, 9.17) is 19.7 Å². The van der Waals surface area contributed by atoms with Crippen molar-refractivity contribution in [3.8, 4) is 22.9 Å². The van der Waals surface area contributed by atoms with Crippen LogP contribution < -0.4 is 15.2 Å². The summed E-state index contributed by atoms with van der Waals surface area (Å²) < 4.78 is 15.7. The van der Waals surface area contributed by atoms with Crippen LogP contribution in [0.1, 0.15) is 31.7 Å². The zero-order valence-corrected chi connectivity index (χ0v) is 11.9. The van der Waals surface area contributed by atoms with Gasteiger partial charge in [0.25, 0.3) is 0 Å². The van der Waals surface area contributed by atoms with Gasteiger partial charge in [-0.1, -0.05) is 18.5 Å². The number of hydrogen-bond donors (Lipinski definition) is 1. The number of benzene rings is 1. The molecular weight excluding hydrogens is 258 g/mol. The molecule has 2 rings (SSSR count). The first-order valence-corrected chi connectivity index (χ1v) is 6.51. The molecule has 0 aliphatic heterocycles. The van der Waals surface area contributed by atoms with Crippen LogP contribution in [0.4, 0.5) is 0 Å². The van der Waals surface area contributed by atoms with Crippen molar-refractivity contribution in [3.05, 3.63) is 24.1 Å². The second-order valence-electron chi connectivity index (χ2n) is 4.42. The first-order valence-electron chi connectivity index (χ1n) is 6.51. The summed E-state index contributed by atoms with van der Waals surface area (Å²) in [6.07, 6.45) is 1.78. The lowest BCUT2D eigenvalue weighted by atomic mass is 10.1. The maximum absolute atomic E-state index is 5.96. The van der Waals surface area contributed by atoms with Crippen LogP contribution in [-0.4, -0.2) is 24.4 Å². The summed E-state index contributed by atoms with van der Waals surface area (Å²) in [4.78, 5) is 4.33. The second-order valence-corrected chi connectivity index (χ2v) is 4.42. The van der Waals surface area contributed by atoms with Gasteiger partial charge in [0.1, 0.15) is 0 Å². The highest BCUT2D eigenvalue weighted by Crippen LogP contribution is 2.31. The number of ether oxygens (including phenoxy) is 2. The number of rotatable bonds is 6. The smallest absolute Gasteiger partial charge is 0.243 e. The Kier molecular flexibility index (Phi) is 4.57. The summed E-state index contributed by atoms with van der Waals surface area (Å²) in [6.45, 7) is 2.06. The molecule has 0 amide bonds. The van der Waals surface area contributed by atoms with Crippen molar-refractivity contribution >= 4 is 0 Å². The summed E-state index contributed by atoms with van der Waals surface area (Å²) in [5.41, 5.74) is 6.75. The van der Waals surface area contributed by atoms with Gasteiger partial charge < -0.3 is 19.7 Å². The van der Waals surface area contributed by atoms with E-state index in [0.29, 0.717) is 23.2 Å². The molecule has 0 aliphatic carbocycles. The van der Waals surface area contributed by atoms with Crippen molar-refractivity contribution in [2.75, 3.05) is 14.2 Å². The van der Waals surface area contributed by atoms with Crippen LogP contribution in [0.5, 0.6) is 11.5 Å². The van der Waals surface area contributed by atoms with Gasteiger partial charge in [0, 0.05) is 5.56 Å². The maximum Gasteiger partial charge on any atom is 0.243 e. The maximum atomic E-state index is 5.96. The van der Waals surface area contributed by atoms with Crippen LogP contribution in [0.2, 0.25) is 0 Å². The molecule has 20 heavy (non-hydrogen) atoms. The standard InChI is InChI=1S/C14H19N3O3/c1-4-5-10(15)14-16-13(17-20-14)9-6-7-11(18-2)12(8-9)19-3/h6-8,10H,4-5,15H2,1-3H3. The molecule has 2 N–H and O–H groups in total. The van der Waals surface area contributed by atoms with Crippen LogP contribution in [0, 0.1) is 0 Å². The van der Waals surface area contributed by atoms with E-state index in [2.05, 4.69) is 17.1 Å². The molecule has 1 aromatic heterocycles. The molecular formula is C14H19N3O3. The Bertz CT molecular complexity index is 569. The van der Waals surface area contributed by atoms with Crippen molar-refractivity contribution in [2.24, 2.45) is 5.73 Å². The Morgan fingerprint density at radius 1 is 1.25 bits per heavy atom. The zero-order chi connectivity index (χ0) is 14.5. The van der Waals surface area contributed by atoms with E-state index in [9.17, 15) is 0 Å². The minimum absolute atomic E-state index is 0.221. The van der Waals surface area contributed by atoms with Crippen molar-refractivity contribution < 1.29 is 14.0 Å². The lowest BCUT2D eigenvalue weighted by Crippen LogP contribution is -2.09. The fourth-order valence-electron chi connectivity index (χ4n) is 1.91. The highest BCUT2D eigenvalue weighted by molar-refractivity contribution is 5.60. The molecule has 1 atom stereocenters. The molecule has 108 valence electrons. The fourth-order valence-corrected chi connectivity index (χ4v) is 1.91. The van der Waals surface area contributed by atoms with E-state index in [-0.39, 0.29) is 6.04 Å². The van der Waals surface area contributed by atoms with E-state index in [1.54, 1.807) is 26.4 Å². The summed E-state index contributed by atoms with van der Waals surface area (Å²) in [5, 5.41) is 3.96. The number of aromatic nitrogens is 2. The highest BCUT2D eigenvalue weighted by Gasteiger charge is 2.16. The van der Waals surface area contributed by atoms with Gasteiger partial charge >= 0.3 is 0 Å². The SMILES string of the molecule is CCCC(N)c1nc(-c2ccc(OC)c(OC)c2)no1. The third-order valence-corrected chi connectivity index (χ3v) is 3.00. The van der Waals surface area contributed by atoms with E-state index in [1.165, 1.54) is 0 Å². The highest BCUT2D eigenvalue weighted by atomic mass is 16.5. The number of nitrogens with two attached hydrogens (primary N) is 1. The molecule has 1 heterocycles. The lowest BCUT2D eigenvalue weighted by Gasteiger charge is -2.07. The third kappa shape index (κ3) is 2.91. The number of methoxy groups -OCH3 is 2. The van der Waals surface area contributed by atoms with Crippen molar-refractivity contribution in [1.29, 1.82) is 0 Å². The fraction of sp³-hybridized carbons (Fsp3) is 0.429. The average molecular weight is 277 g/mol. The van der Waals surface area contributed by atoms with Gasteiger partial charge in [-0.15, -0.1) is 0 Å². The van der Waals surface area contributed by atoms with Crippen molar-refractivity contribution in [1.82, 2.24) is 10.1 Å². The second kappa shape index (κ2) is 6.38. The average Bonchev–Trinajstić information content (AvgIpc) is 2.96. The predicted octanol–water partition coefficient (Wildman–Crippen LogP) is 2.55. The molecule has 0 spiro atoms. The van der Waals surface area contributed by atoms with E-state index in [1.807, 2.05) is 6.07 Å². The molecule has 0 radical (unpaired) electrons. The molecule has 0 saturated heterocycles. The van der Waals surface area contributed by atoms with Crippen molar-refractivity contribution in [3.63, 3.8) is 0 Å². The summed E-state index contributed by atoms with van der Waals surface area (Å²) in [7, 11) is 3.17. The Hall–Kier alpha value is -2.08. The lowest BCUT2D eigenvalue weighted by molar-refractivity contribution is 0.348. The van der Waals surface area contributed by atoms with E-state index in [0.717, 1.165) is 18.4 Å². The van der Waals surface area contributed by atoms with Gasteiger partial charge in [-0.05, 0) is 24.6 Å². The van der Waals surface area contributed by atoms with Crippen LogP contribution in [0.25, 0.3) is 11.4 Å². The van der Waals surface area contributed by atoms with Crippen molar-refractivity contribution in [2.45, 2.75) is 25.8 Å². The Morgan fingerprint density at radius 2 is 2.00 bits per heavy atom. The van der Waals surface area contributed by atoms with Gasteiger partial charge in [-0.2, -0.15) is 4.98 Å². The first-order chi connectivity index (χ1) is 9.69. The molecule has 2 aromatic rings. The molecule has 6 nitrogen and oxygen atoms in total. The quantitative estimate of drug-likeness (QED) is 0.873. The van der Waals surface area contributed by atoms with Gasteiger partial charge in [-0.3, -0.25) is 0 Å². The molecule has 1 aromatic carbocycles. The molecule has 1 unspecified atom stereocenters. The summed E-state index contributed by atoms with van der Waals surface area (Å²) >= 11 is 0. The van der Waals surface area contributed by atoms with Crippen LogP contribution in [0.15, 0.2) is 22.7 Å². The van der Waals surface area contributed by atoms with Gasteiger partial charge in [-0.25, -0.2) is 0 Å². The third-order valence-electron chi connectivity index (χ3n) is 3.00. The van der Waals surface area contributed by atoms with Gasteiger partial charge in [0.2, 0.25) is 11.7 Å². The molecule has 0 bridgehead atoms. The zero-order valence-electron chi connectivity index (χ0n) is 11.9. The minimum Gasteiger partial charge on any atom is -0.493 e. The monoisotopic (exact) mass is 277 g/mol. The van der Waals surface area contributed by atoms with Crippen LogP contribution in [0.3, 0.4) is 0 Å². The summed E-state index contributed by atoms with van der Waals surface area (Å²) in [6, 6.07) is 5.23. The Morgan fingerprint density at radius 3 is 2.65 bits per heavy atom. The van der Waals surface area contributed by atoms with Gasteiger partial charge in [0.15, 0.2) is 11.5 Å². The minimum atomic E-state index is -0.221. The molecule has 0 aliphatic rings. The Balaban J connectivity index is 2.28. The van der Waals surface area contributed by atoms with E-state index >= 15 is 0 Å². The van der Waals surface area contributed by atoms with Gasteiger partial charge in [0.05, 0.1) is 20.3 Å².